The molecule has 0 aliphatic heterocycles. The van der Waals surface area contributed by atoms with Crippen molar-refractivity contribution in [2.75, 3.05) is 38.8 Å². The molecule has 0 bridgehead atoms. The highest BCUT2D eigenvalue weighted by molar-refractivity contribution is 7.80. The minimum Gasteiger partial charge on any atom is -0.465 e. The third-order valence-corrected chi connectivity index (χ3v) is 2.36. The Kier molecular flexibility index (Phi) is 8.64. The first kappa shape index (κ1) is 15.7. The van der Waals surface area contributed by atoms with E-state index in [1.54, 1.807) is 0 Å². The Morgan fingerprint density at radius 1 is 1.31 bits per heavy atom. The van der Waals surface area contributed by atoms with Gasteiger partial charge in [-0.2, -0.15) is 12.6 Å². The molecule has 0 unspecified atom stereocenters. The zero-order chi connectivity index (χ0) is 12.4. The first-order valence-electron chi connectivity index (χ1n) is 5.20. The van der Waals surface area contributed by atoms with Crippen LogP contribution in [0.5, 0.6) is 0 Å². The maximum Gasteiger partial charge on any atom is 0.306 e. The molecule has 0 saturated carbocycles. The van der Waals surface area contributed by atoms with E-state index >= 15 is 0 Å². The molecule has 0 radical (unpaired) electrons. The second-order valence-corrected chi connectivity index (χ2v) is 4.03. The highest BCUT2D eigenvalue weighted by atomic mass is 32.1. The van der Waals surface area contributed by atoms with Crippen LogP contribution in [-0.4, -0.2) is 55.0 Å². The number of rotatable bonds is 9. The monoisotopic (exact) mass is 252 g/mol. The van der Waals surface area contributed by atoms with Crippen LogP contribution in [0.2, 0.25) is 0 Å². The van der Waals surface area contributed by atoms with Crippen LogP contribution in [0.4, 0.5) is 0 Å². The van der Waals surface area contributed by atoms with Gasteiger partial charge in [0.25, 0.3) is 0 Å². The number of carbonyl (C=O) groups excluding carboxylic acids is 1. The van der Waals surface area contributed by atoms with Gasteiger partial charge in [0.2, 0.25) is 0 Å². The molecule has 0 aliphatic carbocycles. The summed E-state index contributed by atoms with van der Waals surface area (Å²) in [5.74, 6) is 0.0213. The topological polar surface area (TPSA) is 76.0 Å². The van der Waals surface area contributed by atoms with Gasteiger partial charge in [0, 0.05) is 12.4 Å². The maximum absolute atomic E-state index is 11.1. The number of aliphatic hydroxyl groups is 2. The zero-order valence-electron chi connectivity index (χ0n) is 9.52. The summed E-state index contributed by atoms with van der Waals surface area (Å²) < 4.78 is 10.1. The molecule has 0 aliphatic rings. The van der Waals surface area contributed by atoms with E-state index in [-0.39, 0.29) is 32.8 Å². The molecule has 0 atom stereocenters. The van der Waals surface area contributed by atoms with Gasteiger partial charge < -0.3 is 19.7 Å². The summed E-state index contributed by atoms with van der Waals surface area (Å²) in [7, 11) is 0. The average Bonchev–Trinajstić information content (AvgIpc) is 2.31. The molecule has 2 N–H and O–H groups in total. The minimum absolute atomic E-state index is 0.0490. The fourth-order valence-corrected chi connectivity index (χ4v) is 1.17. The molecule has 0 aromatic carbocycles. The van der Waals surface area contributed by atoms with Gasteiger partial charge in [0.15, 0.2) is 0 Å². The van der Waals surface area contributed by atoms with Crippen molar-refractivity contribution in [2.24, 2.45) is 5.41 Å². The molecule has 96 valence electrons. The first-order valence-corrected chi connectivity index (χ1v) is 5.83. The molecule has 0 rings (SSSR count). The molecule has 5 nitrogen and oxygen atoms in total. The van der Waals surface area contributed by atoms with E-state index < -0.39 is 11.4 Å². The van der Waals surface area contributed by atoms with Crippen LogP contribution >= 0.6 is 12.6 Å². The lowest BCUT2D eigenvalue weighted by Crippen LogP contribution is -2.40. The Morgan fingerprint density at radius 2 is 1.94 bits per heavy atom. The lowest BCUT2D eigenvalue weighted by atomic mass is 9.92. The molecule has 0 heterocycles. The van der Waals surface area contributed by atoms with Crippen molar-refractivity contribution in [3.8, 4) is 0 Å². The van der Waals surface area contributed by atoms with Crippen LogP contribution in [0.25, 0.3) is 0 Å². The van der Waals surface area contributed by atoms with E-state index in [2.05, 4.69) is 12.6 Å². The van der Waals surface area contributed by atoms with Gasteiger partial charge in [-0.25, -0.2) is 0 Å². The second-order valence-electron chi connectivity index (χ2n) is 3.59. The van der Waals surface area contributed by atoms with Crippen molar-refractivity contribution >= 4 is 18.6 Å². The third-order valence-electron chi connectivity index (χ3n) is 2.14. The number of carbonyl (C=O) groups is 1. The molecule has 0 aromatic heterocycles. The average molecular weight is 252 g/mol. The number of esters is 1. The molecule has 0 aromatic rings. The third kappa shape index (κ3) is 5.69. The zero-order valence-corrected chi connectivity index (χ0v) is 10.4. The van der Waals surface area contributed by atoms with Gasteiger partial charge >= 0.3 is 5.97 Å². The molecule has 0 spiro atoms. The molecule has 16 heavy (non-hydrogen) atoms. The van der Waals surface area contributed by atoms with E-state index in [0.717, 1.165) is 0 Å². The lowest BCUT2D eigenvalue weighted by Gasteiger charge is -2.28. The summed E-state index contributed by atoms with van der Waals surface area (Å²) in [5.41, 5.74) is -0.914. The fraction of sp³-hybridized carbons (Fsp3) is 0.900. The largest absolute Gasteiger partial charge is 0.465 e. The molecular formula is C10H20O5S. The number of ether oxygens (including phenoxy) is 2. The van der Waals surface area contributed by atoms with Gasteiger partial charge in [-0.3, -0.25) is 4.79 Å². The minimum atomic E-state index is -0.914. The summed E-state index contributed by atoms with van der Waals surface area (Å²) in [6, 6.07) is 0. The summed E-state index contributed by atoms with van der Waals surface area (Å²) in [6.07, 6.45) is 0.213. The number of thiol groups is 1. The Balaban J connectivity index is 4.14. The Morgan fingerprint density at radius 3 is 2.38 bits per heavy atom. The molecule has 0 amide bonds. The van der Waals surface area contributed by atoms with E-state index in [4.69, 9.17) is 9.47 Å². The fourth-order valence-electron chi connectivity index (χ4n) is 0.990. The molecule has 6 heteroatoms. The van der Waals surface area contributed by atoms with E-state index in [1.165, 1.54) is 0 Å². The Bertz CT molecular complexity index is 194. The van der Waals surface area contributed by atoms with Crippen molar-refractivity contribution in [1.82, 2.24) is 0 Å². The quantitative estimate of drug-likeness (QED) is 0.393. The van der Waals surface area contributed by atoms with Crippen LogP contribution in [-0.2, 0) is 14.3 Å². The molecule has 0 fully saturated rings. The smallest absolute Gasteiger partial charge is 0.306 e. The first-order chi connectivity index (χ1) is 7.64. The van der Waals surface area contributed by atoms with Gasteiger partial charge in [0.05, 0.1) is 31.7 Å². The van der Waals surface area contributed by atoms with Crippen molar-refractivity contribution in [3.05, 3.63) is 0 Å². The number of aliphatic hydroxyl groups excluding tert-OH is 2. The van der Waals surface area contributed by atoms with Crippen molar-refractivity contribution < 1.29 is 24.5 Å². The highest BCUT2D eigenvalue weighted by Crippen LogP contribution is 2.17. The number of hydrogen-bond acceptors (Lipinski definition) is 6. The summed E-state index contributed by atoms with van der Waals surface area (Å²) in [6.45, 7) is 1.81. The van der Waals surface area contributed by atoms with E-state index in [1.807, 2.05) is 6.92 Å². The SMILES string of the molecule is CCOCC(CO)(CO)COC(=O)CCS. The van der Waals surface area contributed by atoms with Crippen LogP contribution in [0.3, 0.4) is 0 Å². The molecule has 0 saturated heterocycles. The summed E-state index contributed by atoms with van der Waals surface area (Å²) >= 11 is 3.90. The van der Waals surface area contributed by atoms with Gasteiger partial charge in [0.1, 0.15) is 6.61 Å². The maximum atomic E-state index is 11.1. The lowest BCUT2D eigenvalue weighted by molar-refractivity contribution is -0.152. The van der Waals surface area contributed by atoms with Crippen LogP contribution < -0.4 is 0 Å². The Hall–Kier alpha value is -0.300. The summed E-state index contributed by atoms with van der Waals surface area (Å²) in [4.78, 5) is 11.1. The number of hydrogen-bond donors (Lipinski definition) is 3. The normalized spacial score (nSPS) is 11.5. The van der Waals surface area contributed by atoms with Crippen molar-refractivity contribution in [3.63, 3.8) is 0 Å². The Labute approximate surface area is 101 Å². The van der Waals surface area contributed by atoms with Crippen molar-refractivity contribution in [2.45, 2.75) is 13.3 Å². The predicted octanol–water partition coefficient (Wildman–Crippen LogP) is -0.143. The van der Waals surface area contributed by atoms with Gasteiger partial charge in [-0.15, -0.1) is 0 Å². The second kappa shape index (κ2) is 8.81. The van der Waals surface area contributed by atoms with Crippen LogP contribution in [0.15, 0.2) is 0 Å². The van der Waals surface area contributed by atoms with E-state index in [0.29, 0.717) is 12.4 Å². The highest BCUT2D eigenvalue weighted by Gasteiger charge is 2.31. The van der Waals surface area contributed by atoms with E-state index in [9.17, 15) is 15.0 Å². The van der Waals surface area contributed by atoms with Gasteiger partial charge in [-0.05, 0) is 6.92 Å². The van der Waals surface area contributed by atoms with Crippen LogP contribution in [0.1, 0.15) is 13.3 Å². The molecular weight excluding hydrogens is 232 g/mol. The summed E-state index contributed by atoms with van der Waals surface area (Å²) in [5, 5.41) is 18.4. The standard InChI is InChI=1S/C10H20O5S/c1-2-14-7-10(5-11,6-12)8-15-9(13)3-4-16/h11-12,16H,2-8H2,1H3. The van der Waals surface area contributed by atoms with Crippen molar-refractivity contribution in [1.29, 1.82) is 0 Å². The van der Waals surface area contributed by atoms with Gasteiger partial charge in [-0.1, -0.05) is 0 Å². The van der Waals surface area contributed by atoms with Crippen LogP contribution in [0, 0.1) is 5.41 Å². The predicted molar refractivity (Wildman–Crippen MR) is 62.5 cm³/mol.